The number of aryl methyl sites for hydroxylation is 1. The summed E-state index contributed by atoms with van der Waals surface area (Å²) in [5.41, 5.74) is 20.6. The molecule has 0 heteroatoms. The molecule has 0 unspecified atom stereocenters. The SMILES string of the molecule is CC1=C(c2ccccc2C)C2(c3cc(-c4ccccc4/C(=C/Cc4cccc5ccccc45)c4ccccc4)ccc31)c1ccccc1-c1ccccc12. The van der Waals surface area contributed by atoms with Gasteiger partial charge in [0.1, 0.15) is 0 Å². The summed E-state index contributed by atoms with van der Waals surface area (Å²) in [6, 6.07) is 69.7. The van der Waals surface area contributed by atoms with Gasteiger partial charge in [-0.1, -0.05) is 188 Å². The van der Waals surface area contributed by atoms with E-state index in [4.69, 9.17) is 0 Å². The minimum absolute atomic E-state index is 0.434. The maximum Gasteiger partial charge on any atom is 0.0728 e. The summed E-state index contributed by atoms with van der Waals surface area (Å²) in [6.45, 7) is 4.60. The van der Waals surface area contributed by atoms with Crippen LogP contribution in [0.1, 0.15) is 57.0 Å². The van der Waals surface area contributed by atoms with Crippen molar-refractivity contribution in [3.63, 3.8) is 0 Å². The van der Waals surface area contributed by atoms with E-state index in [-0.39, 0.29) is 0 Å². The minimum Gasteiger partial charge on any atom is -0.0716 e. The molecule has 0 saturated heterocycles. The molecule has 256 valence electrons. The number of allylic oxidation sites excluding steroid dienone is 3. The zero-order valence-corrected chi connectivity index (χ0v) is 30.7. The van der Waals surface area contributed by atoms with Crippen LogP contribution in [-0.4, -0.2) is 0 Å². The molecule has 0 aromatic heterocycles. The number of hydrogen-bond acceptors (Lipinski definition) is 0. The van der Waals surface area contributed by atoms with Crippen molar-refractivity contribution in [2.45, 2.75) is 25.7 Å². The van der Waals surface area contributed by atoms with Gasteiger partial charge < -0.3 is 0 Å². The van der Waals surface area contributed by atoms with Crippen LogP contribution in [0.3, 0.4) is 0 Å². The van der Waals surface area contributed by atoms with Crippen molar-refractivity contribution in [3.8, 4) is 22.3 Å². The van der Waals surface area contributed by atoms with Gasteiger partial charge in [0.25, 0.3) is 0 Å². The molecule has 2 aliphatic carbocycles. The van der Waals surface area contributed by atoms with Crippen LogP contribution in [0.15, 0.2) is 194 Å². The fourth-order valence-electron chi connectivity index (χ4n) is 9.60. The third kappa shape index (κ3) is 4.84. The van der Waals surface area contributed by atoms with Crippen LogP contribution in [0.4, 0.5) is 0 Å². The lowest BCUT2D eigenvalue weighted by Gasteiger charge is -2.34. The molecule has 0 heterocycles. The minimum atomic E-state index is -0.434. The lowest BCUT2D eigenvalue weighted by Crippen LogP contribution is -2.27. The lowest BCUT2D eigenvalue weighted by molar-refractivity contribution is 0.841. The average molecular weight is 689 g/mol. The van der Waals surface area contributed by atoms with E-state index in [1.54, 1.807) is 0 Å². The summed E-state index contributed by atoms with van der Waals surface area (Å²) >= 11 is 0. The zero-order chi connectivity index (χ0) is 36.2. The van der Waals surface area contributed by atoms with E-state index in [9.17, 15) is 0 Å². The van der Waals surface area contributed by atoms with E-state index in [0.29, 0.717) is 0 Å². The number of fused-ring (bicyclic) bond motifs is 8. The molecule has 0 aliphatic heterocycles. The Morgan fingerprint density at radius 1 is 0.481 bits per heavy atom. The monoisotopic (exact) mass is 688 g/mol. The highest BCUT2D eigenvalue weighted by atomic mass is 14.5. The molecule has 0 saturated carbocycles. The molecular weight excluding hydrogens is 649 g/mol. The Kier molecular flexibility index (Phi) is 7.67. The molecule has 2 aliphatic rings. The molecule has 0 nitrogen and oxygen atoms in total. The first-order chi connectivity index (χ1) is 26.6. The normalized spacial score (nSPS) is 14.0. The molecule has 0 fully saturated rings. The summed E-state index contributed by atoms with van der Waals surface area (Å²) in [6.07, 6.45) is 3.28. The van der Waals surface area contributed by atoms with E-state index in [1.807, 2.05) is 0 Å². The number of rotatable bonds is 6. The van der Waals surface area contributed by atoms with Gasteiger partial charge in [0.2, 0.25) is 0 Å². The molecule has 8 aromatic rings. The van der Waals surface area contributed by atoms with Crippen LogP contribution in [0.5, 0.6) is 0 Å². The van der Waals surface area contributed by atoms with E-state index in [2.05, 4.69) is 208 Å². The Morgan fingerprint density at radius 2 is 1.09 bits per heavy atom. The highest BCUT2D eigenvalue weighted by Crippen LogP contribution is 2.65. The fraction of sp³-hybridized carbons (Fsp3) is 0.0741. The van der Waals surface area contributed by atoms with Gasteiger partial charge >= 0.3 is 0 Å². The van der Waals surface area contributed by atoms with Crippen LogP contribution in [-0.2, 0) is 11.8 Å². The highest BCUT2D eigenvalue weighted by molar-refractivity contribution is 6.10. The molecule has 8 aromatic carbocycles. The van der Waals surface area contributed by atoms with E-state index in [0.717, 1.165) is 6.42 Å². The number of benzene rings is 8. The standard InChI is InChI=1S/C54H40/c1-36-17-6-8-23-42(36)53-37(2)43-33-32-41(35-52(43)54(53)50-29-14-12-27-48(50)49-28-13-15-30-51(49)54)45-25-10-11-26-47(45)46(39-18-4-3-5-19-39)34-31-40-22-16-21-38-20-7-9-24-44(38)40/h3-30,32-35H,31H2,1-2H3/b46-34+. The third-order valence-electron chi connectivity index (χ3n) is 12.0. The summed E-state index contributed by atoms with van der Waals surface area (Å²) in [7, 11) is 0. The Bertz CT molecular complexity index is 2760. The molecule has 54 heavy (non-hydrogen) atoms. The fourth-order valence-corrected chi connectivity index (χ4v) is 9.60. The number of hydrogen-bond donors (Lipinski definition) is 0. The van der Waals surface area contributed by atoms with Crippen LogP contribution in [0.25, 0.3) is 49.7 Å². The molecule has 0 amide bonds. The van der Waals surface area contributed by atoms with Crippen molar-refractivity contribution in [3.05, 3.63) is 244 Å². The van der Waals surface area contributed by atoms with Gasteiger partial charge in [0, 0.05) is 0 Å². The first-order valence-electron chi connectivity index (χ1n) is 19.1. The molecule has 0 bridgehead atoms. The van der Waals surface area contributed by atoms with Gasteiger partial charge in [-0.05, 0) is 126 Å². The molecule has 10 rings (SSSR count). The maximum absolute atomic E-state index is 2.52. The van der Waals surface area contributed by atoms with Crippen LogP contribution in [0.2, 0.25) is 0 Å². The smallest absolute Gasteiger partial charge is 0.0716 e. The third-order valence-corrected chi connectivity index (χ3v) is 12.0. The van der Waals surface area contributed by atoms with Gasteiger partial charge in [-0.25, -0.2) is 0 Å². The summed E-state index contributed by atoms with van der Waals surface area (Å²) in [4.78, 5) is 0. The van der Waals surface area contributed by atoms with Crippen LogP contribution in [0, 0.1) is 6.92 Å². The van der Waals surface area contributed by atoms with Gasteiger partial charge in [-0.2, -0.15) is 0 Å². The van der Waals surface area contributed by atoms with E-state index < -0.39 is 5.41 Å². The van der Waals surface area contributed by atoms with Crippen molar-refractivity contribution in [1.82, 2.24) is 0 Å². The topological polar surface area (TPSA) is 0 Å². The van der Waals surface area contributed by atoms with Crippen molar-refractivity contribution >= 4 is 27.5 Å². The predicted molar refractivity (Wildman–Crippen MR) is 228 cm³/mol. The Morgan fingerprint density at radius 3 is 1.85 bits per heavy atom. The summed E-state index contributed by atoms with van der Waals surface area (Å²) in [5.74, 6) is 0. The molecule has 0 radical (unpaired) electrons. The second kappa shape index (κ2) is 12.9. The van der Waals surface area contributed by atoms with E-state index >= 15 is 0 Å². The van der Waals surface area contributed by atoms with Crippen molar-refractivity contribution in [2.75, 3.05) is 0 Å². The Hall–Kier alpha value is -6.50. The summed E-state index contributed by atoms with van der Waals surface area (Å²) in [5, 5.41) is 2.59. The van der Waals surface area contributed by atoms with Crippen molar-refractivity contribution < 1.29 is 0 Å². The second-order valence-corrected chi connectivity index (χ2v) is 14.8. The van der Waals surface area contributed by atoms with E-state index in [1.165, 1.54) is 99.8 Å². The quantitative estimate of drug-likeness (QED) is 0.163. The predicted octanol–water partition coefficient (Wildman–Crippen LogP) is 13.7. The van der Waals surface area contributed by atoms with Crippen LogP contribution < -0.4 is 0 Å². The first-order valence-corrected chi connectivity index (χ1v) is 19.1. The Labute approximate surface area is 318 Å². The maximum atomic E-state index is 2.52. The summed E-state index contributed by atoms with van der Waals surface area (Å²) < 4.78 is 0. The molecule has 0 N–H and O–H groups in total. The lowest BCUT2D eigenvalue weighted by atomic mass is 9.67. The average Bonchev–Trinajstić information content (AvgIpc) is 3.67. The van der Waals surface area contributed by atoms with Crippen molar-refractivity contribution in [2.24, 2.45) is 0 Å². The molecular formula is C54H40. The van der Waals surface area contributed by atoms with Gasteiger partial charge in [0.15, 0.2) is 0 Å². The largest absolute Gasteiger partial charge is 0.0728 e. The van der Waals surface area contributed by atoms with Gasteiger partial charge in [-0.3, -0.25) is 0 Å². The van der Waals surface area contributed by atoms with Gasteiger partial charge in [-0.15, -0.1) is 0 Å². The van der Waals surface area contributed by atoms with Crippen molar-refractivity contribution in [1.29, 1.82) is 0 Å². The Balaban J connectivity index is 1.20. The second-order valence-electron chi connectivity index (χ2n) is 14.8. The molecule has 1 spiro atoms. The molecule has 0 atom stereocenters. The van der Waals surface area contributed by atoms with Crippen LogP contribution >= 0.6 is 0 Å². The van der Waals surface area contributed by atoms with Gasteiger partial charge in [0.05, 0.1) is 5.41 Å². The zero-order valence-electron chi connectivity index (χ0n) is 30.7. The highest BCUT2D eigenvalue weighted by Gasteiger charge is 2.52. The first kappa shape index (κ1) is 32.2.